The standard InChI is InChI=1S/C17H21NO2/c1-4-15-8-9-16(18-12-15)19-10-11-20-17-13(2)6-5-7-14(17)3/h5-9,12H,4,10-11H2,1-3H3. The van der Waals surface area contributed by atoms with E-state index in [-0.39, 0.29) is 0 Å². The summed E-state index contributed by atoms with van der Waals surface area (Å²) in [4.78, 5) is 4.25. The minimum atomic E-state index is 0.492. The fraction of sp³-hybridized carbons (Fsp3) is 0.353. The molecule has 0 aliphatic carbocycles. The van der Waals surface area contributed by atoms with Crippen molar-refractivity contribution in [2.45, 2.75) is 27.2 Å². The highest BCUT2D eigenvalue weighted by Gasteiger charge is 2.03. The van der Waals surface area contributed by atoms with Gasteiger partial charge in [0.05, 0.1) is 0 Å². The Kier molecular flexibility index (Phi) is 4.99. The second-order valence-electron chi connectivity index (χ2n) is 4.78. The smallest absolute Gasteiger partial charge is 0.213 e. The molecule has 3 nitrogen and oxygen atoms in total. The van der Waals surface area contributed by atoms with Gasteiger partial charge in [-0.2, -0.15) is 0 Å². The van der Waals surface area contributed by atoms with Crippen LogP contribution in [-0.4, -0.2) is 18.2 Å². The summed E-state index contributed by atoms with van der Waals surface area (Å²) in [5.41, 5.74) is 3.51. The van der Waals surface area contributed by atoms with Gasteiger partial charge in [-0.1, -0.05) is 31.2 Å². The van der Waals surface area contributed by atoms with Gasteiger partial charge in [0.1, 0.15) is 19.0 Å². The largest absolute Gasteiger partial charge is 0.489 e. The van der Waals surface area contributed by atoms with Crippen molar-refractivity contribution in [2.75, 3.05) is 13.2 Å². The van der Waals surface area contributed by atoms with Gasteiger partial charge in [0.25, 0.3) is 0 Å². The first-order valence-electron chi connectivity index (χ1n) is 6.97. The van der Waals surface area contributed by atoms with E-state index in [9.17, 15) is 0 Å². The molecule has 2 aromatic rings. The third-order valence-corrected chi connectivity index (χ3v) is 3.19. The summed E-state index contributed by atoms with van der Waals surface area (Å²) in [5.74, 6) is 1.60. The van der Waals surface area contributed by atoms with Gasteiger partial charge in [0, 0.05) is 12.3 Å². The second-order valence-corrected chi connectivity index (χ2v) is 4.78. The summed E-state index contributed by atoms with van der Waals surface area (Å²) in [7, 11) is 0. The lowest BCUT2D eigenvalue weighted by atomic mass is 10.1. The predicted octanol–water partition coefficient (Wildman–Crippen LogP) is 3.72. The van der Waals surface area contributed by atoms with E-state index in [1.165, 1.54) is 5.56 Å². The minimum absolute atomic E-state index is 0.492. The third kappa shape index (κ3) is 3.73. The van der Waals surface area contributed by atoms with E-state index in [2.05, 4.69) is 11.9 Å². The van der Waals surface area contributed by atoms with Crippen LogP contribution in [0, 0.1) is 13.8 Å². The Morgan fingerprint density at radius 2 is 1.65 bits per heavy atom. The number of nitrogens with zero attached hydrogens (tertiary/aromatic N) is 1. The number of aryl methyl sites for hydroxylation is 3. The average Bonchev–Trinajstić information content (AvgIpc) is 2.46. The molecule has 0 amide bonds. The molecule has 1 aromatic carbocycles. The van der Waals surface area contributed by atoms with Crippen molar-refractivity contribution >= 4 is 0 Å². The number of benzene rings is 1. The zero-order valence-corrected chi connectivity index (χ0v) is 12.3. The van der Waals surface area contributed by atoms with Crippen molar-refractivity contribution in [3.63, 3.8) is 0 Å². The first kappa shape index (κ1) is 14.4. The van der Waals surface area contributed by atoms with Gasteiger partial charge in [-0.15, -0.1) is 0 Å². The lowest BCUT2D eigenvalue weighted by molar-refractivity contribution is 0.210. The highest BCUT2D eigenvalue weighted by molar-refractivity contribution is 5.39. The highest BCUT2D eigenvalue weighted by atomic mass is 16.5. The topological polar surface area (TPSA) is 31.4 Å². The molecule has 0 fully saturated rings. The Labute approximate surface area is 120 Å². The number of ether oxygens (including phenoxy) is 2. The van der Waals surface area contributed by atoms with Crippen molar-refractivity contribution in [3.05, 3.63) is 53.2 Å². The molecule has 0 spiro atoms. The fourth-order valence-corrected chi connectivity index (χ4v) is 2.02. The summed E-state index contributed by atoms with van der Waals surface area (Å²) < 4.78 is 11.4. The Balaban J connectivity index is 1.81. The van der Waals surface area contributed by atoms with E-state index in [0.29, 0.717) is 19.1 Å². The van der Waals surface area contributed by atoms with Crippen LogP contribution >= 0.6 is 0 Å². The van der Waals surface area contributed by atoms with Gasteiger partial charge in [-0.05, 0) is 37.0 Å². The molecule has 106 valence electrons. The van der Waals surface area contributed by atoms with Crippen molar-refractivity contribution in [3.8, 4) is 11.6 Å². The Bertz CT molecular complexity index is 529. The predicted molar refractivity (Wildman–Crippen MR) is 80.5 cm³/mol. The van der Waals surface area contributed by atoms with Gasteiger partial charge in [-0.3, -0.25) is 0 Å². The summed E-state index contributed by atoms with van der Waals surface area (Å²) in [6.07, 6.45) is 2.84. The van der Waals surface area contributed by atoms with Crippen LogP contribution in [0.2, 0.25) is 0 Å². The van der Waals surface area contributed by atoms with Crippen LogP contribution in [0.5, 0.6) is 11.6 Å². The molecule has 0 bridgehead atoms. The van der Waals surface area contributed by atoms with E-state index in [1.54, 1.807) is 0 Å². The number of hydrogen-bond donors (Lipinski definition) is 0. The van der Waals surface area contributed by atoms with E-state index in [1.807, 2.05) is 50.4 Å². The second kappa shape index (κ2) is 6.94. The zero-order valence-electron chi connectivity index (χ0n) is 12.3. The summed E-state index contributed by atoms with van der Waals surface area (Å²) >= 11 is 0. The maximum atomic E-state index is 5.78. The molecule has 0 saturated carbocycles. The molecule has 1 aromatic heterocycles. The van der Waals surface area contributed by atoms with Crippen LogP contribution in [0.3, 0.4) is 0 Å². The van der Waals surface area contributed by atoms with E-state index >= 15 is 0 Å². The Morgan fingerprint density at radius 3 is 2.25 bits per heavy atom. The van der Waals surface area contributed by atoms with Crippen molar-refractivity contribution in [1.82, 2.24) is 4.98 Å². The maximum absolute atomic E-state index is 5.78. The quantitative estimate of drug-likeness (QED) is 0.750. The van der Waals surface area contributed by atoms with E-state index in [0.717, 1.165) is 23.3 Å². The van der Waals surface area contributed by atoms with Crippen LogP contribution in [0.4, 0.5) is 0 Å². The molecule has 1 heterocycles. The van der Waals surface area contributed by atoms with Crippen LogP contribution in [-0.2, 0) is 6.42 Å². The molecular formula is C17H21NO2. The molecule has 0 aliphatic rings. The van der Waals surface area contributed by atoms with Crippen molar-refractivity contribution in [1.29, 1.82) is 0 Å². The Hall–Kier alpha value is -2.03. The highest BCUT2D eigenvalue weighted by Crippen LogP contribution is 2.22. The number of pyridine rings is 1. The maximum Gasteiger partial charge on any atom is 0.213 e. The molecule has 3 heteroatoms. The molecule has 0 N–H and O–H groups in total. The third-order valence-electron chi connectivity index (χ3n) is 3.19. The lowest BCUT2D eigenvalue weighted by Crippen LogP contribution is -2.10. The number of rotatable bonds is 6. The monoisotopic (exact) mass is 271 g/mol. The molecule has 0 radical (unpaired) electrons. The number of aromatic nitrogens is 1. The summed E-state index contributed by atoms with van der Waals surface area (Å²) in [6.45, 7) is 7.22. The SMILES string of the molecule is CCc1ccc(OCCOc2c(C)cccc2C)nc1. The fourth-order valence-electron chi connectivity index (χ4n) is 2.02. The average molecular weight is 271 g/mol. The molecule has 0 saturated heterocycles. The van der Waals surface area contributed by atoms with Crippen molar-refractivity contribution in [2.24, 2.45) is 0 Å². The number of para-hydroxylation sites is 1. The summed E-state index contributed by atoms with van der Waals surface area (Å²) in [5, 5.41) is 0. The number of hydrogen-bond acceptors (Lipinski definition) is 3. The normalized spacial score (nSPS) is 10.3. The van der Waals surface area contributed by atoms with Crippen LogP contribution < -0.4 is 9.47 Å². The Morgan fingerprint density at radius 1 is 0.950 bits per heavy atom. The van der Waals surface area contributed by atoms with Gasteiger partial charge >= 0.3 is 0 Å². The van der Waals surface area contributed by atoms with Crippen LogP contribution in [0.1, 0.15) is 23.6 Å². The van der Waals surface area contributed by atoms with E-state index < -0.39 is 0 Å². The zero-order chi connectivity index (χ0) is 14.4. The molecule has 0 aliphatic heterocycles. The molecule has 0 atom stereocenters. The van der Waals surface area contributed by atoms with Gasteiger partial charge in [0.2, 0.25) is 5.88 Å². The molecule has 20 heavy (non-hydrogen) atoms. The summed E-state index contributed by atoms with van der Waals surface area (Å²) in [6, 6.07) is 10.1. The van der Waals surface area contributed by atoms with Gasteiger partial charge in [-0.25, -0.2) is 4.98 Å². The first-order valence-corrected chi connectivity index (χ1v) is 6.97. The van der Waals surface area contributed by atoms with E-state index in [4.69, 9.17) is 9.47 Å². The van der Waals surface area contributed by atoms with Crippen LogP contribution in [0.25, 0.3) is 0 Å². The van der Waals surface area contributed by atoms with Gasteiger partial charge < -0.3 is 9.47 Å². The minimum Gasteiger partial charge on any atom is -0.489 e. The first-order chi connectivity index (χ1) is 9.70. The molecular weight excluding hydrogens is 250 g/mol. The molecule has 2 rings (SSSR count). The van der Waals surface area contributed by atoms with Crippen LogP contribution in [0.15, 0.2) is 36.5 Å². The molecule has 0 unspecified atom stereocenters. The van der Waals surface area contributed by atoms with Crippen molar-refractivity contribution < 1.29 is 9.47 Å². The van der Waals surface area contributed by atoms with Gasteiger partial charge in [0.15, 0.2) is 0 Å². The lowest BCUT2D eigenvalue weighted by Gasteiger charge is -2.12.